The SMILES string of the molecule is CCCN(C(=O)Cc1c(C(=O)O)n(CC)c2ccccc12)c1ccccc1C. The zero-order valence-electron chi connectivity index (χ0n) is 16.6. The molecule has 0 aliphatic heterocycles. The van der Waals surface area contributed by atoms with E-state index in [-0.39, 0.29) is 18.0 Å². The molecule has 3 rings (SSSR count). The molecule has 0 saturated carbocycles. The van der Waals surface area contributed by atoms with Crippen LogP contribution in [0.25, 0.3) is 10.9 Å². The van der Waals surface area contributed by atoms with E-state index in [9.17, 15) is 14.7 Å². The molecule has 0 bridgehead atoms. The lowest BCUT2D eigenvalue weighted by atomic mass is 10.1. The molecule has 5 heteroatoms. The maximum absolute atomic E-state index is 13.3. The van der Waals surface area contributed by atoms with E-state index in [0.29, 0.717) is 18.7 Å². The normalized spacial score (nSPS) is 11.0. The van der Waals surface area contributed by atoms with Crippen LogP contribution in [0.2, 0.25) is 0 Å². The van der Waals surface area contributed by atoms with Crippen LogP contribution in [0.4, 0.5) is 5.69 Å². The van der Waals surface area contributed by atoms with Crippen molar-refractivity contribution in [2.24, 2.45) is 0 Å². The summed E-state index contributed by atoms with van der Waals surface area (Å²) in [6.07, 6.45) is 0.881. The minimum absolute atomic E-state index is 0.0590. The third-order valence-electron chi connectivity index (χ3n) is 5.08. The van der Waals surface area contributed by atoms with E-state index in [1.165, 1.54) is 0 Å². The highest BCUT2D eigenvalue weighted by molar-refractivity contribution is 6.03. The number of amides is 1. The van der Waals surface area contributed by atoms with Gasteiger partial charge in [0.05, 0.1) is 6.42 Å². The van der Waals surface area contributed by atoms with Crippen LogP contribution in [0.1, 0.15) is 41.9 Å². The summed E-state index contributed by atoms with van der Waals surface area (Å²) >= 11 is 0. The number of hydrogen-bond donors (Lipinski definition) is 1. The van der Waals surface area contributed by atoms with E-state index < -0.39 is 5.97 Å². The van der Waals surface area contributed by atoms with Gasteiger partial charge in [0.1, 0.15) is 5.69 Å². The van der Waals surface area contributed by atoms with Crippen LogP contribution >= 0.6 is 0 Å². The molecule has 0 aliphatic rings. The van der Waals surface area contributed by atoms with Crippen molar-refractivity contribution in [2.75, 3.05) is 11.4 Å². The van der Waals surface area contributed by atoms with Crippen molar-refractivity contribution in [3.05, 3.63) is 65.4 Å². The van der Waals surface area contributed by atoms with Gasteiger partial charge in [-0.15, -0.1) is 0 Å². The van der Waals surface area contributed by atoms with Crippen molar-refractivity contribution >= 4 is 28.5 Å². The Labute approximate surface area is 165 Å². The molecule has 3 aromatic rings. The van der Waals surface area contributed by atoms with Gasteiger partial charge in [0, 0.05) is 35.2 Å². The summed E-state index contributed by atoms with van der Waals surface area (Å²) < 4.78 is 1.78. The molecule has 0 aliphatic carbocycles. The van der Waals surface area contributed by atoms with Crippen molar-refractivity contribution < 1.29 is 14.7 Å². The first-order chi connectivity index (χ1) is 13.5. The maximum atomic E-state index is 13.3. The number of aryl methyl sites for hydroxylation is 2. The molecule has 1 N–H and O–H groups in total. The second-order valence-electron chi connectivity index (χ2n) is 6.90. The Balaban J connectivity index is 2.08. The molecule has 0 atom stereocenters. The van der Waals surface area contributed by atoms with Crippen molar-refractivity contribution in [1.82, 2.24) is 4.57 Å². The Hall–Kier alpha value is -3.08. The van der Waals surface area contributed by atoms with Crippen LogP contribution in [0.5, 0.6) is 0 Å². The third-order valence-corrected chi connectivity index (χ3v) is 5.08. The van der Waals surface area contributed by atoms with Gasteiger partial charge in [-0.2, -0.15) is 0 Å². The number of aromatic nitrogens is 1. The minimum Gasteiger partial charge on any atom is -0.477 e. The van der Waals surface area contributed by atoms with E-state index in [2.05, 4.69) is 0 Å². The lowest BCUT2D eigenvalue weighted by Crippen LogP contribution is -2.34. The van der Waals surface area contributed by atoms with E-state index >= 15 is 0 Å². The van der Waals surface area contributed by atoms with Gasteiger partial charge >= 0.3 is 5.97 Å². The number of nitrogens with zero attached hydrogens (tertiary/aromatic N) is 2. The second kappa shape index (κ2) is 8.30. The molecule has 5 nitrogen and oxygen atoms in total. The van der Waals surface area contributed by atoms with Crippen LogP contribution in [0.15, 0.2) is 48.5 Å². The number of carbonyl (C=O) groups excluding carboxylic acids is 1. The van der Waals surface area contributed by atoms with Crippen molar-refractivity contribution in [3.8, 4) is 0 Å². The van der Waals surface area contributed by atoms with Crippen molar-refractivity contribution in [1.29, 1.82) is 0 Å². The average molecular weight is 378 g/mol. The van der Waals surface area contributed by atoms with Gasteiger partial charge in [-0.25, -0.2) is 4.79 Å². The summed E-state index contributed by atoms with van der Waals surface area (Å²) in [5.74, 6) is -1.09. The predicted molar refractivity (Wildman–Crippen MR) is 112 cm³/mol. The summed E-state index contributed by atoms with van der Waals surface area (Å²) in [7, 11) is 0. The fourth-order valence-electron chi connectivity index (χ4n) is 3.84. The number of carboxylic acid groups (broad SMARTS) is 1. The maximum Gasteiger partial charge on any atom is 0.352 e. The fourth-order valence-corrected chi connectivity index (χ4v) is 3.84. The van der Waals surface area contributed by atoms with Crippen LogP contribution in [0.3, 0.4) is 0 Å². The van der Waals surface area contributed by atoms with Gasteiger partial charge in [0.2, 0.25) is 5.91 Å². The molecular weight excluding hydrogens is 352 g/mol. The van der Waals surface area contributed by atoms with Crippen molar-refractivity contribution in [3.63, 3.8) is 0 Å². The van der Waals surface area contributed by atoms with Gasteiger partial charge in [-0.1, -0.05) is 43.3 Å². The topological polar surface area (TPSA) is 62.5 Å². The molecule has 28 heavy (non-hydrogen) atoms. The van der Waals surface area contributed by atoms with Crippen LogP contribution in [0, 0.1) is 6.92 Å². The molecular formula is C23H26N2O3. The monoisotopic (exact) mass is 378 g/mol. The zero-order valence-corrected chi connectivity index (χ0v) is 16.6. The van der Waals surface area contributed by atoms with Gasteiger partial charge in [0.25, 0.3) is 0 Å². The lowest BCUT2D eigenvalue weighted by Gasteiger charge is -2.24. The number of hydrogen-bond acceptors (Lipinski definition) is 2. The average Bonchev–Trinajstić information content (AvgIpc) is 3.00. The Morgan fingerprint density at radius 2 is 1.71 bits per heavy atom. The number of fused-ring (bicyclic) bond motifs is 1. The van der Waals surface area contributed by atoms with Crippen LogP contribution < -0.4 is 4.90 Å². The standard InChI is InChI=1S/C23H26N2O3/c1-4-14-25(19-12-8-6-10-16(19)3)21(26)15-18-17-11-7-9-13-20(17)24(5-2)22(18)23(27)28/h6-13H,4-5,14-15H2,1-3H3,(H,27,28). The van der Waals surface area contributed by atoms with Gasteiger partial charge in [-0.05, 0) is 38.0 Å². The number of rotatable bonds is 7. The smallest absolute Gasteiger partial charge is 0.352 e. The largest absolute Gasteiger partial charge is 0.477 e. The number of para-hydroxylation sites is 2. The first-order valence-corrected chi connectivity index (χ1v) is 9.68. The molecule has 0 radical (unpaired) electrons. The predicted octanol–water partition coefficient (Wildman–Crippen LogP) is 4.65. The highest BCUT2D eigenvalue weighted by atomic mass is 16.4. The molecule has 0 fully saturated rings. The number of carbonyl (C=O) groups is 2. The summed E-state index contributed by atoms with van der Waals surface area (Å²) in [6.45, 7) is 7.06. The molecule has 1 aromatic heterocycles. The third kappa shape index (κ3) is 3.52. The molecule has 1 heterocycles. The molecule has 1 amide bonds. The molecule has 0 saturated heterocycles. The van der Waals surface area contributed by atoms with Gasteiger partial charge < -0.3 is 14.6 Å². The summed E-state index contributed by atoms with van der Waals surface area (Å²) in [6, 6.07) is 15.4. The Morgan fingerprint density at radius 3 is 2.36 bits per heavy atom. The molecule has 0 spiro atoms. The van der Waals surface area contributed by atoms with Crippen molar-refractivity contribution in [2.45, 2.75) is 40.2 Å². The lowest BCUT2D eigenvalue weighted by molar-refractivity contribution is -0.118. The summed E-state index contributed by atoms with van der Waals surface area (Å²) in [5, 5.41) is 10.7. The highest BCUT2D eigenvalue weighted by Gasteiger charge is 2.25. The summed E-state index contributed by atoms with van der Waals surface area (Å²) in [5.41, 5.74) is 3.55. The molecule has 2 aromatic carbocycles. The molecule has 146 valence electrons. The first kappa shape index (κ1) is 19.7. The Morgan fingerprint density at radius 1 is 1.04 bits per heavy atom. The van der Waals surface area contributed by atoms with Crippen LogP contribution in [-0.4, -0.2) is 28.1 Å². The number of benzene rings is 2. The number of aromatic carboxylic acids is 1. The first-order valence-electron chi connectivity index (χ1n) is 9.68. The van der Waals surface area contributed by atoms with Gasteiger partial charge in [0.15, 0.2) is 0 Å². The quantitative estimate of drug-likeness (QED) is 0.651. The Bertz CT molecular complexity index is 1020. The minimum atomic E-state index is -1.00. The second-order valence-corrected chi connectivity index (χ2v) is 6.90. The van der Waals surface area contributed by atoms with E-state index in [0.717, 1.165) is 28.6 Å². The summed E-state index contributed by atoms with van der Waals surface area (Å²) in [4.78, 5) is 27.1. The van der Waals surface area contributed by atoms with E-state index in [1.54, 1.807) is 9.47 Å². The van der Waals surface area contributed by atoms with E-state index in [1.807, 2.05) is 69.3 Å². The highest BCUT2D eigenvalue weighted by Crippen LogP contribution is 2.29. The number of carboxylic acids is 1. The fraction of sp³-hybridized carbons (Fsp3) is 0.304. The van der Waals surface area contributed by atoms with Crippen LogP contribution in [-0.2, 0) is 17.8 Å². The van der Waals surface area contributed by atoms with E-state index in [4.69, 9.17) is 0 Å². The zero-order chi connectivity index (χ0) is 20.3. The number of anilines is 1. The van der Waals surface area contributed by atoms with Gasteiger partial charge in [-0.3, -0.25) is 4.79 Å². The molecule has 0 unspecified atom stereocenters. The Kier molecular flexibility index (Phi) is 5.83.